The minimum Gasteiger partial charge on any atom is -0.258 e. The Bertz CT molecular complexity index is 744. The molecule has 0 atom stereocenters. The number of rotatable bonds is 4. The van der Waals surface area contributed by atoms with Gasteiger partial charge in [0.25, 0.3) is 5.69 Å². The van der Waals surface area contributed by atoms with E-state index >= 15 is 0 Å². The second-order valence-electron chi connectivity index (χ2n) is 4.10. The summed E-state index contributed by atoms with van der Waals surface area (Å²) in [7, 11) is -3.76. The Labute approximate surface area is 114 Å². The molecule has 0 spiro atoms. The predicted molar refractivity (Wildman–Crippen MR) is 70.4 cm³/mol. The van der Waals surface area contributed by atoms with E-state index in [9.17, 15) is 22.9 Å². The van der Waals surface area contributed by atoms with Crippen molar-refractivity contribution < 1.29 is 17.7 Å². The Morgan fingerprint density at radius 2 is 1.75 bits per heavy atom. The Morgan fingerprint density at radius 1 is 1.10 bits per heavy atom. The maximum Gasteiger partial charge on any atom is 0.273 e. The van der Waals surface area contributed by atoms with Crippen LogP contribution >= 0.6 is 0 Å². The van der Waals surface area contributed by atoms with E-state index in [1.165, 1.54) is 12.1 Å². The summed E-state index contributed by atoms with van der Waals surface area (Å²) in [6.45, 7) is 0. The maximum absolute atomic E-state index is 13.2. The van der Waals surface area contributed by atoms with Gasteiger partial charge in [-0.3, -0.25) is 10.1 Å². The topological polar surface area (TPSA) is 77.3 Å². The molecule has 20 heavy (non-hydrogen) atoms. The van der Waals surface area contributed by atoms with Crippen LogP contribution in [0.1, 0.15) is 5.56 Å². The summed E-state index contributed by atoms with van der Waals surface area (Å²) in [6.07, 6.45) is 0. The Balaban J connectivity index is 2.44. The number of nitrogens with zero attached hydrogens (tertiary/aromatic N) is 1. The molecule has 0 heterocycles. The Morgan fingerprint density at radius 3 is 2.35 bits per heavy atom. The first-order valence-electron chi connectivity index (χ1n) is 5.61. The maximum atomic E-state index is 13.2. The third-order valence-electron chi connectivity index (χ3n) is 2.69. The molecule has 5 nitrogen and oxygen atoms in total. The van der Waals surface area contributed by atoms with Gasteiger partial charge in [-0.2, -0.15) is 0 Å². The number of halogens is 1. The van der Waals surface area contributed by atoms with Crippen LogP contribution in [0.15, 0.2) is 53.4 Å². The molecule has 0 N–H and O–H groups in total. The second-order valence-corrected chi connectivity index (χ2v) is 6.09. The lowest BCUT2D eigenvalue weighted by molar-refractivity contribution is -0.385. The quantitative estimate of drug-likeness (QED) is 0.642. The molecule has 0 aliphatic heterocycles. The van der Waals surface area contributed by atoms with Gasteiger partial charge in [0, 0.05) is 11.6 Å². The fraction of sp³-hybridized carbons (Fsp3) is 0.0769. The zero-order valence-electron chi connectivity index (χ0n) is 10.2. The third-order valence-corrected chi connectivity index (χ3v) is 4.37. The number of hydrogen-bond donors (Lipinski definition) is 0. The molecule has 104 valence electrons. The van der Waals surface area contributed by atoms with Crippen molar-refractivity contribution in [2.75, 3.05) is 0 Å². The van der Waals surface area contributed by atoms with Crippen LogP contribution in [-0.4, -0.2) is 13.3 Å². The zero-order chi connectivity index (χ0) is 14.8. The van der Waals surface area contributed by atoms with Gasteiger partial charge in [-0.05, 0) is 24.3 Å². The van der Waals surface area contributed by atoms with E-state index in [0.29, 0.717) is 0 Å². The highest BCUT2D eigenvalue weighted by atomic mass is 32.2. The van der Waals surface area contributed by atoms with Crippen molar-refractivity contribution in [2.24, 2.45) is 0 Å². The molecule has 0 saturated heterocycles. The van der Waals surface area contributed by atoms with Crippen molar-refractivity contribution in [1.82, 2.24) is 0 Å². The van der Waals surface area contributed by atoms with Crippen LogP contribution in [0.2, 0.25) is 0 Å². The van der Waals surface area contributed by atoms with Crippen molar-refractivity contribution in [3.63, 3.8) is 0 Å². The van der Waals surface area contributed by atoms with Crippen LogP contribution < -0.4 is 0 Å². The van der Waals surface area contributed by atoms with Crippen LogP contribution in [0.25, 0.3) is 0 Å². The largest absolute Gasteiger partial charge is 0.273 e. The predicted octanol–water partition coefficient (Wildman–Crippen LogP) is 2.71. The molecule has 0 unspecified atom stereocenters. The van der Waals surface area contributed by atoms with E-state index in [1.54, 1.807) is 18.2 Å². The van der Waals surface area contributed by atoms with Crippen molar-refractivity contribution in [1.29, 1.82) is 0 Å². The fourth-order valence-corrected chi connectivity index (χ4v) is 3.14. The van der Waals surface area contributed by atoms with Crippen LogP contribution in [0.4, 0.5) is 10.1 Å². The van der Waals surface area contributed by atoms with E-state index in [1.807, 2.05) is 0 Å². The molecule has 0 aromatic heterocycles. The summed E-state index contributed by atoms with van der Waals surface area (Å²) in [5, 5.41) is 10.8. The van der Waals surface area contributed by atoms with Crippen LogP contribution in [0, 0.1) is 15.9 Å². The van der Waals surface area contributed by atoms with E-state index in [-0.39, 0.29) is 10.5 Å². The molecular formula is C13H10FNO4S. The monoisotopic (exact) mass is 295 g/mol. The lowest BCUT2D eigenvalue weighted by Gasteiger charge is -2.05. The zero-order valence-corrected chi connectivity index (χ0v) is 11.0. The second kappa shape index (κ2) is 5.38. The summed E-state index contributed by atoms with van der Waals surface area (Å²) in [5.74, 6) is -1.33. The normalized spacial score (nSPS) is 11.2. The highest BCUT2D eigenvalue weighted by Crippen LogP contribution is 2.24. The van der Waals surface area contributed by atoms with Crippen LogP contribution in [0.5, 0.6) is 0 Å². The Hall–Kier alpha value is -2.28. The molecule has 0 bridgehead atoms. The van der Waals surface area contributed by atoms with E-state index in [2.05, 4.69) is 0 Å². The molecule has 2 rings (SSSR count). The minimum absolute atomic E-state index is 0.0403. The molecule has 0 saturated carbocycles. The first kappa shape index (κ1) is 14.1. The summed E-state index contributed by atoms with van der Waals surface area (Å²) < 4.78 is 37.5. The van der Waals surface area contributed by atoms with Gasteiger partial charge >= 0.3 is 0 Å². The molecule has 2 aromatic rings. The number of hydrogen-bond acceptors (Lipinski definition) is 4. The lowest BCUT2D eigenvalue weighted by atomic mass is 10.2. The van der Waals surface area contributed by atoms with Crippen molar-refractivity contribution in [3.8, 4) is 0 Å². The summed E-state index contributed by atoms with van der Waals surface area (Å²) in [6, 6.07) is 10.3. The first-order chi connectivity index (χ1) is 9.40. The average Bonchev–Trinajstić information content (AvgIpc) is 2.39. The van der Waals surface area contributed by atoms with Gasteiger partial charge in [0.15, 0.2) is 9.84 Å². The van der Waals surface area contributed by atoms with Gasteiger partial charge in [0.1, 0.15) is 5.82 Å². The van der Waals surface area contributed by atoms with Gasteiger partial charge < -0.3 is 0 Å². The summed E-state index contributed by atoms with van der Waals surface area (Å²) in [4.78, 5) is 10.2. The summed E-state index contributed by atoms with van der Waals surface area (Å²) in [5.41, 5.74) is -0.579. The number of nitro benzene ring substituents is 1. The van der Waals surface area contributed by atoms with E-state index in [0.717, 1.165) is 18.2 Å². The SMILES string of the molecule is O=[N+]([O-])c1ccc(F)cc1CS(=O)(=O)c1ccccc1. The standard InChI is InChI=1S/C13H10FNO4S/c14-11-6-7-13(15(16)17)10(8-11)9-20(18,19)12-4-2-1-3-5-12/h1-8H,9H2. The van der Waals surface area contributed by atoms with Gasteiger partial charge in [0.05, 0.1) is 15.6 Å². The van der Waals surface area contributed by atoms with Crippen molar-refractivity contribution in [3.05, 3.63) is 70.0 Å². The molecule has 0 fully saturated rings. The molecule has 0 aliphatic rings. The van der Waals surface area contributed by atoms with Gasteiger partial charge in [-0.15, -0.1) is 0 Å². The van der Waals surface area contributed by atoms with Crippen molar-refractivity contribution >= 4 is 15.5 Å². The average molecular weight is 295 g/mol. The molecule has 0 aliphatic carbocycles. The smallest absolute Gasteiger partial charge is 0.258 e. The third kappa shape index (κ3) is 3.00. The van der Waals surface area contributed by atoms with Gasteiger partial charge in [-0.25, -0.2) is 12.8 Å². The van der Waals surface area contributed by atoms with Crippen LogP contribution in [-0.2, 0) is 15.6 Å². The lowest BCUT2D eigenvalue weighted by Crippen LogP contribution is -2.07. The van der Waals surface area contributed by atoms with Gasteiger partial charge in [0.2, 0.25) is 0 Å². The molecule has 0 amide bonds. The molecule has 2 aromatic carbocycles. The molecule has 0 radical (unpaired) electrons. The Kier molecular flexibility index (Phi) is 3.80. The molecule has 7 heteroatoms. The number of nitro groups is 1. The first-order valence-corrected chi connectivity index (χ1v) is 7.26. The van der Waals surface area contributed by atoms with Crippen LogP contribution in [0.3, 0.4) is 0 Å². The minimum atomic E-state index is -3.76. The number of sulfone groups is 1. The highest BCUT2D eigenvalue weighted by molar-refractivity contribution is 7.90. The highest BCUT2D eigenvalue weighted by Gasteiger charge is 2.22. The van der Waals surface area contributed by atoms with Crippen molar-refractivity contribution in [2.45, 2.75) is 10.6 Å². The van der Waals surface area contributed by atoms with E-state index < -0.39 is 32.0 Å². The number of benzene rings is 2. The van der Waals surface area contributed by atoms with Gasteiger partial charge in [-0.1, -0.05) is 18.2 Å². The summed E-state index contributed by atoms with van der Waals surface area (Å²) >= 11 is 0. The fourth-order valence-electron chi connectivity index (χ4n) is 1.76. The van der Waals surface area contributed by atoms with E-state index in [4.69, 9.17) is 0 Å². The molecular weight excluding hydrogens is 285 g/mol.